The molecule has 32 heavy (non-hydrogen) atoms. The number of rotatable bonds is 18. The van der Waals surface area contributed by atoms with Crippen molar-refractivity contribution in [3.8, 4) is 0 Å². The van der Waals surface area contributed by atoms with Crippen molar-refractivity contribution in [3.63, 3.8) is 0 Å². The van der Waals surface area contributed by atoms with Gasteiger partial charge in [-0.05, 0) is 12.5 Å². The standard InChI is InChI=1S/C17H35NO12P2/c1-3-5-6-7-8-9-10-18(15(21)4-2)11-13(19)16(22)17(30-32(26,27)28)14(20)12-29-31(23,24)25/h4,13-14,16-17,19-20,22H,2-3,5-12H2,1H3,(H2,23,24,25)(H2,26,27,28)/t13-,14+,16+,17+/m0/s1. The van der Waals surface area contributed by atoms with E-state index in [0.717, 1.165) is 38.2 Å². The minimum atomic E-state index is -5.30. The maximum absolute atomic E-state index is 12.1. The Morgan fingerprint density at radius 1 is 0.969 bits per heavy atom. The van der Waals surface area contributed by atoms with Crippen LogP contribution in [0.2, 0.25) is 0 Å². The third-order valence-corrected chi connectivity index (χ3v) is 5.46. The van der Waals surface area contributed by atoms with Gasteiger partial charge in [-0.3, -0.25) is 13.8 Å². The van der Waals surface area contributed by atoms with Gasteiger partial charge in [0.2, 0.25) is 5.91 Å². The lowest BCUT2D eigenvalue weighted by atomic mass is 10.0. The van der Waals surface area contributed by atoms with E-state index >= 15 is 0 Å². The topological polar surface area (TPSA) is 215 Å². The zero-order chi connectivity index (χ0) is 24.9. The van der Waals surface area contributed by atoms with Gasteiger partial charge in [0.1, 0.15) is 24.4 Å². The Labute approximate surface area is 187 Å². The van der Waals surface area contributed by atoms with E-state index in [2.05, 4.69) is 22.6 Å². The summed E-state index contributed by atoms with van der Waals surface area (Å²) in [5, 5.41) is 30.6. The summed E-state index contributed by atoms with van der Waals surface area (Å²) in [6, 6.07) is 0. The zero-order valence-electron chi connectivity index (χ0n) is 18.0. The summed E-state index contributed by atoms with van der Waals surface area (Å²) >= 11 is 0. The third kappa shape index (κ3) is 14.5. The van der Waals surface area contributed by atoms with Crippen molar-refractivity contribution in [3.05, 3.63) is 12.7 Å². The summed E-state index contributed by atoms with van der Waals surface area (Å²) in [6.45, 7) is 4.03. The van der Waals surface area contributed by atoms with Gasteiger partial charge in [-0.1, -0.05) is 45.6 Å². The Morgan fingerprint density at radius 3 is 2.03 bits per heavy atom. The summed E-state index contributed by atoms with van der Waals surface area (Å²) in [4.78, 5) is 48.7. The highest BCUT2D eigenvalue weighted by Gasteiger charge is 2.39. The van der Waals surface area contributed by atoms with E-state index in [0.29, 0.717) is 6.42 Å². The molecule has 0 aromatic carbocycles. The molecule has 0 saturated carbocycles. The maximum atomic E-state index is 12.1. The lowest BCUT2D eigenvalue weighted by Crippen LogP contribution is -2.51. The summed E-state index contributed by atoms with van der Waals surface area (Å²) in [5.41, 5.74) is 0. The first-order valence-electron chi connectivity index (χ1n) is 10.1. The molecule has 0 rings (SSSR count). The quantitative estimate of drug-likeness (QED) is 0.0743. The van der Waals surface area contributed by atoms with E-state index in [9.17, 15) is 29.2 Å². The Hall–Kier alpha value is -0.690. The van der Waals surface area contributed by atoms with Crippen LogP contribution in [0.1, 0.15) is 45.4 Å². The molecule has 0 bridgehead atoms. The number of carbonyl (C=O) groups excluding carboxylic acids is 1. The van der Waals surface area contributed by atoms with Crippen LogP contribution in [0.25, 0.3) is 0 Å². The van der Waals surface area contributed by atoms with E-state index in [1.165, 1.54) is 4.90 Å². The number of hydrogen-bond donors (Lipinski definition) is 7. The molecule has 4 atom stereocenters. The first-order chi connectivity index (χ1) is 14.7. The molecule has 0 spiro atoms. The number of unbranched alkanes of at least 4 members (excludes halogenated alkanes) is 5. The monoisotopic (exact) mass is 507 g/mol. The average Bonchev–Trinajstić information content (AvgIpc) is 2.69. The first kappa shape index (κ1) is 31.3. The number of phosphoric ester groups is 2. The van der Waals surface area contributed by atoms with Crippen LogP contribution in [0.15, 0.2) is 12.7 Å². The second-order valence-electron chi connectivity index (χ2n) is 7.23. The molecule has 15 heteroatoms. The molecule has 0 aromatic rings. The molecule has 13 nitrogen and oxygen atoms in total. The van der Waals surface area contributed by atoms with Gasteiger partial charge in [0.25, 0.3) is 0 Å². The van der Waals surface area contributed by atoms with Gasteiger partial charge in [0.05, 0.1) is 6.61 Å². The summed E-state index contributed by atoms with van der Waals surface area (Å²) in [6.07, 6.45) is -1.71. The number of phosphoric acid groups is 2. The number of aliphatic hydroxyl groups is 3. The molecule has 1 amide bonds. The molecule has 0 aliphatic carbocycles. The second kappa shape index (κ2) is 15.3. The lowest BCUT2D eigenvalue weighted by molar-refractivity contribution is -0.134. The van der Waals surface area contributed by atoms with Crippen molar-refractivity contribution >= 4 is 21.6 Å². The Morgan fingerprint density at radius 2 is 1.53 bits per heavy atom. The Balaban J connectivity index is 5.18. The van der Waals surface area contributed by atoms with E-state index in [1.54, 1.807) is 0 Å². The van der Waals surface area contributed by atoms with Gasteiger partial charge in [-0.25, -0.2) is 9.13 Å². The highest BCUT2D eigenvalue weighted by molar-refractivity contribution is 7.46. The molecule has 0 aliphatic rings. The predicted molar refractivity (Wildman–Crippen MR) is 113 cm³/mol. The van der Waals surface area contributed by atoms with Gasteiger partial charge >= 0.3 is 15.6 Å². The smallest absolute Gasteiger partial charge is 0.388 e. The van der Waals surface area contributed by atoms with Gasteiger partial charge < -0.3 is 39.8 Å². The van der Waals surface area contributed by atoms with Crippen molar-refractivity contribution in [1.82, 2.24) is 4.90 Å². The zero-order valence-corrected chi connectivity index (χ0v) is 19.8. The number of hydrogen-bond acceptors (Lipinski definition) is 8. The van der Waals surface area contributed by atoms with Crippen molar-refractivity contribution in [2.75, 3.05) is 19.7 Å². The van der Waals surface area contributed by atoms with Crippen molar-refractivity contribution in [2.45, 2.75) is 69.9 Å². The fourth-order valence-corrected chi connectivity index (χ4v) is 3.77. The van der Waals surface area contributed by atoms with Crippen LogP contribution < -0.4 is 0 Å². The summed E-state index contributed by atoms with van der Waals surface area (Å²) in [5.74, 6) is -0.553. The highest BCUT2D eigenvalue weighted by Crippen LogP contribution is 2.41. The minimum Gasteiger partial charge on any atom is -0.388 e. The van der Waals surface area contributed by atoms with E-state index in [-0.39, 0.29) is 6.54 Å². The number of aliphatic hydroxyl groups excluding tert-OH is 3. The molecule has 0 aromatic heterocycles. The van der Waals surface area contributed by atoms with Crippen molar-refractivity contribution in [2.24, 2.45) is 0 Å². The maximum Gasteiger partial charge on any atom is 0.470 e. The number of nitrogens with zero attached hydrogens (tertiary/aromatic N) is 1. The molecule has 0 radical (unpaired) electrons. The first-order valence-corrected chi connectivity index (χ1v) is 13.2. The summed E-state index contributed by atoms with van der Waals surface area (Å²) in [7, 11) is -10.3. The molecular formula is C17H35NO12P2. The van der Waals surface area contributed by atoms with E-state index < -0.39 is 59.1 Å². The van der Waals surface area contributed by atoms with Crippen LogP contribution >= 0.6 is 15.6 Å². The lowest BCUT2D eigenvalue weighted by Gasteiger charge is -2.32. The van der Waals surface area contributed by atoms with Gasteiger partial charge in [0.15, 0.2) is 0 Å². The largest absolute Gasteiger partial charge is 0.470 e. The molecule has 0 heterocycles. The number of amides is 1. The minimum absolute atomic E-state index is 0.217. The predicted octanol–water partition coefficient (Wildman–Crippen LogP) is 0.0314. The van der Waals surface area contributed by atoms with Crippen LogP contribution in [-0.4, -0.2) is 89.8 Å². The fraction of sp³-hybridized carbons (Fsp3) is 0.824. The molecule has 0 aliphatic heterocycles. The molecule has 190 valence electrons. The Kier molecular flexibility index (Phi) is 14.9. The van der Waals surface area contributed by atoms with Crippen LogP contribution in [0.4, 0.5) is 0 Å². The normalized spacial score (nSPS) is 16.2. The SMILES string of the molecule is C=CC(=O)N(CCCCCCCC)C[C@H](O)[C@@H](O)[C@H](OP(=O)(O)O)[C@H](O)COP(=O)(O)O. The average molecular weight is 507 g/mol. The van der Waals surface area contributed by atoms with E-state index in [1.807, 2.05) is 0 Å². The highest BCUT2D eigenvalue weighted by atomic mass is 31.2. The Bertz CT molecular complexity index is 651. The van der Waals surface area contributed by atoms with Gasteiger partial charge in [-0.2, -0.15) is 0 Å². The molecule has 0 unspecified atom stereocenters. The fourth-order valence-electron chi connectivity index (χ4n) is 2.84. The summed E-state index contributed by atoms with van der Waals surface area (Å²) < 4.78 is 30.3. The van der Waals surface area contributed by atoms with Crippen LogP contribution in [-0.2, 0) is 23.0 Å². The molecule has 0 fully saturated rings. The van der Waals surface area contributed by atoms with Gasteiger partial charge in [0, 0.05) is 13.1 Å². The van der Waals surface area contributed by atoms with Crippen molar-refractivity contribution in [1.29, 1.82) is 0 Å². The molecular weight excluding hydrogens is 472 g/mol. The number of carbonyl (C=O) groups is 1. The molecule has 7 N–H and O–H groups in total. The third-order valence-electron chi connectivity index (χ3n) is 4.46. The van der Waals surface area contributed by atoms with Crippen LogP contribution in [0, 0.1) is 0 Å². The van der Waals surface area contributed by atoms with Crippen LogP contribution in [0.5, 0.6) is 0 Å². The molecule has 0 saturated heterocycles. The second-order valence-corrected chi connectivity index (χ2v) is 9.66. The van der Waals surface area contributed by atoms with Crippen LogP contribution in [0.3, 0.4) is 0 Å². The van der Waals surface area contributed by atoms with Gasteiger partial charge in [-0.15, -0.1) is 0 Å². The van der Waals surface area contributed by atoms with Crippen molar-refractivity contribution < 1.29 is 57.9 Å². The van der Waals surface area contributed by atoms with E-state index in [4.69, 9.17) is 19.6 Å².